The SMILES string of the molecule is CCC(CC)(CC(=O)N[C@H](C)CO)C(=O)O. The van der Waals surface area contributed by atoms with Crippen LogP contribution in [0.1, 0.15) is 40.0 Å². The molecular formula is C11H21NO4. The van der Waals surface area contributed by atoms with Gasteiger partial charge in [-0.2, -0.15) is 0 Å². The quantitative estimate of drug-likeness (QED) is 0.604. The maximum absolute atomic E-state index is 11.6. The Balaban J connectivity index is 4.52. The van der Waals surface area contributed by atoms with Gasteiger partial charge in [0, 0.05) is 12.5 Å². The molecule has 16 heavy (non-hydrogen) atoms. The lowest BCUT2D eigenvalue weighted by molar-refractivity contribution is -0.152. The van der Waals surface area contributed by atoms with Gasteiger partial charge in [0.15, 0.2) is 0 Å². The maximum atomic E-state index is 11.6. The summed E-state index contributed by atoms with van der Waals surface area (Å²) in [6, 6.07) is -0.340. The summed E-state index contributed by atoms with van der Waals surface area (Å²) in [6.07, 6.45) is 0.791. The van der Waals surface area contributed by atoms with Crippen molar-refractivity contribution >= 4 is 11.9 Å². The molecule has 0 aliphatic rings. The normalized spacial score (nSPS) is 13.2. The van der Waals surface area contributed by atoms with Crippen LogP contribution < -0.4 is 5.32 Å². The number of nitrogens with one attached hydrogen (secondary N) is 1. The van der Waals surface area contributed by atoms with Gasteiger partial charge in [0.05, 0.1) is 12.0 Å². The molecule has 0 spiro atoms. The number of carbonyl (C=O) groups is 2. The first-order chi connectivity index (χ1) is 7.41. The number of aliphatic carboxylic acids is 1. The molecule has 0 aromatic heterocycles. The summed E-state index contributed by atoms with van der Waals surface area (Å²) < 4.78 is 0. The average molecular weight is 231 g/mol. The highest BCUT2D eigenvalue weighted by molar-refractivity contribution is 5.85. The molecule has 0 fully saturated rings. The Labute approximate surface area is 95.9 Å². The van der Waals surface area contributed by atoms with Crippen molar-refractivity contribution in [3.8, 4) is 0 Å². The van der Waals surface area contributed by atoms with E-state index in [2.05, 4.69) is 5.32 Å². The van der Waals surface area contributed by atoms with E-state index >= 15 is 0 Å². The largest absolute Gasteiger partial charge is 0.481 e. The summed E-state index contributed by atoms with van der Waals surface area (Å²) >= 11 is 0. The Hall–Kier alpha value is -1.10. The first-order valence-corrected chi connectivity index (χ1v) is 5.55. The Bertz CT molecular complexity index is 248. The van der Waals surface area contributed by atoms with Crippen LogP contribution in [0.2, 0.25) is 0 Å². The highest BCUT2D eigenvalue weighted by Crippen LogP contribution is 2.30. The minimum absolute atomic E-state index is 0.0420. The van der Waals surface area contributed by atoms with E-state index in [0.717, 1.165) is 0 Å². The third-order valence-electron chi connectivity index (χ3n) is 2.99. The number of rotatable bonds is 7. The molecule has 0 rings (SSSR count). The molecule has 3 N–H and O–H groups in total. The molecule has 5 heteroatoms. The Morgan fingerprint density at radius 3 is 2.12 bits per heavy atom. The first kappa shape index (κ1) is 14.9. The van der Waals surface area contributed by atoms with E-state index in [9.17, 15) is 9.59 Å². The van der Waals surface area contributed by atoms with Crippen LogP contribution in [0, 0.1) is 5.41 Å². The lowest BCUT2D eigenvalue weighted by Crippen LogP contribution is -2.41. The maximum Gasteiger partial charge on any atom is 0.310 e. The molecule has 0 saturated heterocycles. The number of carboxylic acid groups (broad SMARTS) is 1. The van der Waals surface area contributed by atoms with Crippen LogP contribution in [0.15, 0.2) is 0 Å². The number of hydrogen-bond acceptors (Lipinski definition) is 3. The zero-order chi connectivity index (χ0) is 12.8. The minimum atomic E-state index is -0.987. The van der Waals surface area contributed by atoms with Crippen LogP contribution in [-0.2, 0) is 9.59 Å². The van der Waals surface area contributed by atoms with Gasteiger partial charge in [-0.3, -0.25) is 9.59 Å². The molecule has 0 bridgehead atoms. The molecule has 1 amide bonds. The number of hydrogen-bond donors (Lipinski definition) is 3. The number of carbonyl (C=O) groups excluding carboxylic acids is 1. The predicted molar refractivity (Wildman–Crippen MR) is 60.0 cm³/mol. The average Bonchev–Trinajstić information content (AvgIpc) is 2.25. The van der Waals surface area contributed by atoms with Crippen LogP contribution in [0.25, 0.3) is 0 Å². The van der Waals surface area contributed by atoms with E-state index in [4.69, 9.17) is 10.2 Å². The molecule has 0 aromatic rings. The smallest absolute Gasteiger partial charge is 0.310 e. The standard InChI is InChI=1S/C11H21NO4/c1-4-11(5-2,10(15)16)6-9(14)12-8(3)7-13/h8,13H,4-7H2,1-3H3,(H,12,14)(H,15,16)/t8-/m1/s1. The number of aliphatic hydroxyl groups excluding tert-OH is 1. The van der Waals surface area contributed by atoms with Gasteiger partial charge in [-0.15, -0.1) is 0 Å². The van der Waals surface area contributed by atoms with E-state index in [1.807, 2.05) is 0 Å². The second-order valence-electron chi connectivity index (χ2n) is 4.12. The van der Waals surface area contributed by atoms with Crippen molar-refractivity contribution in [2.24, 2.45) is 5.41 Å². The summed E-state index contributed by atoms with van der Waals surface area (Å²) in [7, 11) is 0. The Morgan fingerprint density at radius 1 is 1.31 bits per heavy atom. The summed E-state index contributed by atoms with van der Waals surface area (Å²) in [5, 5.41) is 20.5. The predicted octanol–water partition coefficient (Wildman–Crippen LogP) is 0.764. The molecule has 0 saturated carbocycles. The fourth-order valence-corrected chi connectivity index (χ4v) is 1.56. The third-order valence-corrected chi connectivity index (χ3v) is 2.99. The van der Waals surface area contributed by atoms with E-state index in [1.165, 1.54) is 0 Å². The van der Waals surface area contributed by atoms with Crippen molar-refractivity contribution in [2.45, 2.75) is 46.1 Å². The summed E-state index contributed by atoms with van der Waals surface area (Å²) in [4.78, 5) is 22.7. The van der Waals surface area contributed by atoms with Crippen LogP contribution in [-0.4, -0.2) is 34.7 Å². The molecule has 94 valence electrons. The van der Waals surface area contributed by atoms with Gasteiger partial charge < -0.3 is 15.5 Å². The third kappa shape index (κ3) is 3.81. The Morgan fingerprint density at radius 2 is 1.81 bits per heavy atom. The number of aliphatic hydroxyl groups is 1. The van der Waals surface area contributed by atoms with Gasteiger partial charge in [0.25, 0.3) is 0 Å². The zero-order valence-corrected chi connectivity index (χ0v) is 10.1. The summed E-state index contributed by atoms with van der Waals surface area (Å²) in [6.45, 7) is 5.04. The highest BCUT2D eigenvalue weighted by atomic mass is 16.4. The molecule has 0 radical (unpaired) electrons. The lowest BCUT2D eigenvalue weighted by Gasteiger charge is -2.26. The lowest BCUT2D eigenvalue weighted by atomic mass is 9.79. The zero-order valence-electron chi connectivity index (χ0n) is 10.1. The molecule has 0 aromatic carbocycles. The molecule has 1 atom stereocenters. The van der Waals surface area contributed by atoms with Crippen molar-refractivity contribution in [1.82, 2.24) is 5.32 Å². The topological polar surface area (TPSA) is 86.6 Å². The molecular weight excluding hydrogens is 210 g/mol. The van der Waals surface area contributed by atoms with Gasteiger partial charge in [0.1, 0.15) is 0 Å². The number of carboxylic acids is 1. The van der Waals surface area contributed by atoms with Crippen LogP contribution in [0.4, 0.5) is 0 Å². The van der Waals surface area contributed by atoms with E-state index in [0.29, 0.717) is 12.8 Å². The van der Waals surface area contributed by atoms with Crippen LogP contribution in [0.5, 0.6) is 0 Å². The molecule has 0 aliphatic heterocycles. The highest BCUT2D eigenvalue weighted by Gasteiger charge is 2.37. The van der Waals surface area contributed by atoms with Crippen molar-refractivity contribution < 1.29 is 19.8 Å². The summed E-state index contributed by atoms with van der Waals surface area (Å²) in [5.74, 6) is -1.27. The van der Waals surface area contributed by atoms with Gasteiger partial charge in [0.2, 0.25) is 5.91 Å². The van der Waals surface area contributed by atoms with Gasteiger partial charge in [-0.1, -0.05) is 13.8 Å². The Kier molecular flexibility index (Phi) is 6.03. The van der Waals surface area contributed by atoms with E-state index in [1.54, 1.807) is 20.8 Å². The molecule has 0 aliphatic carbocycles. The first-order valence-electron chi connectivity index (χ1n) is 5.55. The summed E-state index contributed by atoms with van der Waals surface area (Å²) in [5.41, 5.74) is -0.987. The number of amides is 1. The van der Waals surface area contributed by atoms with Crippen molar-refractivity contribution in [3.63, 3.8) is 0 Å². The molecule has 5 nitrogen and oxygen atoms in total. The second-order valence-corrected chi connectivity index (χ2v) is 4.12. The van der Waals surface area contributed by atoms with Gasteiger partial charge in [-0.05, 0) is 19.8 Å². The second kappa shape index (κ2) is 6.48. The van der Waals surface area contributed by atoms with Crippen LogP contribution >= 0.6 is 0 Å². The fourth-order valence-electron chi connectivity index (χ4n) is 1.56. The van der Waals surface area contributed by atoms with E-state index < -0.39 is 11.4 Å². The van der Waals surface area contributed by atoms with Crippen LogP contribution in [0.3, 0.4) is 0 Å². The van der Waals surface area contributed by atoms with Gasteiger partial charge >= 0.3 is 5.97 Å². The van der Waals surface area contributed by atoms with Crippen molar-refractivity contribution in [2.75, 3.05) is 6.61 Å². The van der Waals surface area contributed by atoms with Crippen molar-refractivity contribution in [1.29, 1.82) is 0 Å². The molecule has 0 unspecified atom stereocenters. The van der Waals surface area contributed by atoms with Gasteiger partial charge in [-0.25, -0.2) is 0 Å². The fraction of sp³-hybridized carbons (Fsp3) is 0.818. The van der Waals surface area contributed by atoms with Crippen molar-refractivity contribution in [3.05, 3.63) is 0 Å². The monoisotopic (exact) mass is 231 g/mol. The van der Waals surface area contributed by atoms with E-state index in [-0.39, 0.29) is 25.0 Å². The molecule has 0 heterocycles. The minimum Gasteiger partial charge on any atom is -0.481 e.